The van der Waals surface area contributed by atoms with Gasteiger partial charge in [0.15, 0.2) is 0 Å². The number of carbonyl (C=O) groups excluding carboxylic acids is 1. The lowest BCUT2D eigenvalue weighted by Crippen LogP contribution is -2.26. The van der Waals surface area contributed by atoms with Gasteiger partial charge in [-0.3, -0.25) is 14.8 Å². The number of amides is 1. The van der Waals surface area contributed by atoms with Crippen molar-refractivity contribution in [3.8, 4) is 17.0 Å². The van der Waals surface area contributed by atoms with Crippen LogP contribution in [0.1, 0.15) is 28.9 Å². The Morgan fingerprint density at radius 1 is 1.12 bits per heavy atom. The Bertz CT molecular complexity index is 848. The number of nitrogens with one attached hydrogen (secondary N) is 1. The first kappa shape index (κ1) is 16.6. The summed E-state index contributed by atoms with van der Waals surface area (Å²) in [7, 11) is 1.62. The Hall–Kier alpha value is -3.21. The van der Waals surface area contributed by atoms with E-state index in [2.05, 4.69) is 15.3 Å². The van der Waals surface area contributed by atoms with E-state index in [9.17, 15) is 4.79 Å². The standard InChI is InChI=1S/C20H19N3O2/c1-14(16-4-3-5-18(12-16)25-2)23-20(24)17-6-7-19(22-13-17)15-8-10-21-11-9-15/h3-14H,1-2H3,(H,23,24)/t14-/m1/s1. The van der Waals surface area contributed by atoms with Crippen LogP contribution < -0.4 is 10.1 Å². The first-order valence-corrected chi connectivity index (χ1v) is 7.98. The Labute approximate surface area is 146 Å². The van der Waals surface area contributed by atoms with Crippen LogP contribution in [0.25, 0.3) is 11.3 Å². The van der Waals surface area contributed by atoms with Crippen molar-refractivity contribution in [2.75, 3.05) is 7.11 Å². The molecule has 3 rings (SSSR count). The third-order valence-electron chi connectivity index (χ3n) is 3.94. The molecule has 1 aromatic carbocycles. The fourth-order valence-corrected chi connectivity index (χ4v) is 2.50. The number of hydrogen-bond donors (Lipinski definition) is 1. The lowest BCUT2D eigenvalue weighted by molar-refractivity contribution is 0.0939. The number of ether oxygens (including phenoxy) is 1. The Morgan fingerprint density at radius 2 is 1.92 bits per heavy atom. The molecule has 0 saturated carbocycles. The molecule has 0 aliphatic rings. The molecule has 1 amide bonds. The van der Waals surface area contributed by atoms with Crippen molar-refractivity contribution in [3.63, 3.8) is 0 Å². The van der Waals surface area contributed by atoms with E-state index < -0.39 is 0 Å². The molecule has 2 heterocycles. The maximum Gasteiger partial charge on any atom is 0.253 e. The summed E-state index contributed by atoms with van der Waals surface area (Å²) in [4.78, 5) is 20.8. The van der Waals surface area contributed by atoms with Crippen molar-refractivity contribution in [1.82, 2.24) is 15.3 Å². The highest BCUT2D eigenvalue weighted by molar-refractivity contribution is 5.94. The van der Waals surface area contributed by atoms with Crippen molar-refractivity contribution >= 4 is 5.91 Å². The molecular weight excluding hydrogens is 314 g/mol. The first-order valence-electron chi connectivity index (χ1n) is 7.98. The lowest BCUT2D eigenvalue weighted by atomic mass is 10.1. The number of carbonyl (C=O) groups is 1. The van der Waals surface area contributed by atoms with Crippen LogP contribution in [0, 0.1) is 0 Å². The number of aromatic nitrogens is 2. The van der Waals surface area contributed by atoms with Gasteiger partial charge >= 0.3 is 0 Å². The van der Waals surface area contributed by atoms with Gasteiger partial charge in [-0.2, -0.15) is 0 Å². The lowest BCUT2D eigenvalue weighted by Gasteiger charge is -2.15. The molecule has 0 aliphatic heterocycles. The van der Waals surface area contributed by atoms with Crippen LogP contribution in [0.3, 0.4) is 0 Å². The maximum absolute atomic E-state index is 12.4. The second-order valence-corrected chi connectivity index (χ2v) is 5.64. The summed E-state index contributed by atoms with van der Waals surface area (Å²) < 4.78 is 5.22. The predicted octanol–water partition coefficient (Wildman–Crippen LogP) is 3.64. The van der Waals surface area contributed by atoms with Crippen LogP contribution in [0.4, 0.5) is 0 Å². The van der Waals surface area contributed by atoms with Crippen molar-refractivity contribution in [2.24, 2.45) is 0 Å². The SMILES string of the molecule is COc1cccc([C@@H](C)NC(=O)c2ccc(-c3ccncc3)nc2)c1. The topological polar surface area (TPSA) is 64.1 Å². The number of rotatable bonds is 5. The molecular formula is C20H19N3O2. The van der Waals surface area contributed by atoms with Crippen molar-refractivity contribution in [2.45, 2.75) is 13.0 Å². The summed E-state index contributed by atoms with van der Waals surface area (Å²) in [6.07, 6.45) is 5.02. The normalized spacial score (nSPS) is 11.6. The molecule has 0 fully saturated rings. The Morgan fingerprint density at radius 3 is 2.60 bits per heavy atom. The molecule has 126 valence electrons. The Balaban J connectivity index is 1.70. The van der Waals surface area contributed by atoms with Crippen LogP contribution in [0.15, 0.2) is 67.1 Å². The molecule has 0 aliphatic carbocycles. The molecule has 5 heteroatoms. The summed E-state index contributed by atoms with van der Waals surface area (Å²) in [5.41, 5.74) is 3.27. The predicted molar refractivity (Wildman–Crippen MR) is 96.3 cm³/mol. The summed E-state index contributed by atoms with van der Waals surface area (Å²) in [6.45, 7) is 1.94. The van der Waals surface area contributed by atoms with Gasteiger partial charge in [0.25, 0.3) is 5.91 Å². The van der Waals surface area contributed by atoms with Crippen LogP contribution in [0.5, 0.6) is 5.75 Å². The van der Waals surface area contributed by atoms with E-state index in [1.54, 1.807) is 31.8 Å². The van der Waals surface area contributed by atoms with Gasteiger partial charge in [0, 0.05) is 24.2 Å². The van der Waals surface area contributed by atoms with Crippen LogP contribution >= 0.6 is 0 Å². The van der Waals surface area contributed by atoms with Crippen molar-refractivity contribution < 1.29 is 9.53 Å². The van der Waals surface area contributed by atoms with E-state index in [1.165, 1.54) is 0 Å². The van der Waals surface area contributed by atoms with Crippen LogP contribution in [-0.2, 0) is 0 Å². The first-order chi connectivity index (χ1) is 12.2. The minimum Gasteiger partial charge on any atom is -0.497 e. The summed E-state index contributed by atoms with van der Waals surface area (Å²) >= 11 is 0. The van der Waals surface area contributed by atoms with Gasteiger partial charge in [-0.05, 0) is 48.9 Å². The van der Waals surface area contributed by atoms with Gasteiger partial charge in [0.05, 0.1) is 24.4 Å². The number of benzene rings is 1. The molecule has 1 atom stereocenters. The van der Waals surface area contributed by atoms with Gasteiger partial charge < -0.3 is 10.1 Å². The second kappa shape index (κ2) is 7.57. The zero-order valence-corrected chi connectivity index (χ0v) is 14.1. The monoisotopic (exact) mass is 333 g/mol. The Kier molecular flexibility index (Phi) is 5.04. The second-order valence-electron chi connectivity index (χ2n) is 5.64. The highest BCUT2D eigenvalue weighted by Crippen LogP contribution is 2.20. The minimum absolute atomic E-state index is 0.137. The average molecular weight is 333 g/mol. The molecule has 0 spiro atoms. The third kappa shape index (κ3) is 4.01. The molecule has 25 heavy (non-hydrogen) atoms. The molecule has 3 aromatic rings. The minimum atomic E-state index is -0.163. The molecule has 2 aromatic heterocycles. The fraction of sp³-hybridized carbons (Fsp3) is 0.150. The van der Waals surface area contributed by atoms with Gasteiger partial charge in [-0.25, -0.2) is 0 Å². The fourth-order valence-electron chi connectivity index (χ4n) is 2.50. The zero-order valence-electron chi connectivity index (χ0n) is 14.1. The summed E-state index contributed by atoms with van der Waals surface area (Å²) in [5, 5.41) is 2.98. The van der Waals surface area contributed by atoms with E-state index in [0.29, 0.717) is 5.56 Å². The highest BCUT2D eigenvalue weighted by Gasteiger charge is 2.12. The quantitative estimate of drug-likeness (QED) is 0.774. The van der Waals surface area contributed by atoms with Crippen molar-refractivity contribution in [1.29, 1.82) is 0 Å². The maximum atomic E-state index is 12.4. The molecule has 0 unspecified atom stereocenters. The van der Waals surface area contributed by atoms with Gasteiger partial charge in [0.2, 0.25) is 0 Å². The number of methoxy groups -OCH3 is 1. The van der Waals surface area contributed by atoms with E-state index in [0.717, 1.165) is 22.6 Å². The van der Waals surface area contributed by atoms with E-state index in [4.69, 9.17) is 4.74 Å². The summed E-state index contributed by atoms with van der Waals surface area (Å²) in [6, 6.07) is 14.9. The van der Waals surface area contributed by atoms with Gasteiger partial charge in [-0.15, -0.1) is 0 Å². The third-order valence-corrected chi connectivity index (χ3v) is 3.94. The largest absolute Gasteiger partial charge is 0.497 e. The average Bonchev–Trinajstić information content (AvgIpc) is 2.68. The van der Waals surface area contributed by atoms with Crippen LogP contribution in [-0.4, -0.2) is 23.0 Å². The van der Waals surface area contributed by atoms with E-state index in [-0.39, 0.29) is 11.9 Å². The number of pyridine rings is 2. The molecule has 1 N–H and O–H groups in total. The van der Waals surface area contributed by atoms with E-state index in [1.807, 2.05) is 49.4 Å². The smallest absolute Gasteiger partial charge is 0.253 e. The van der Waals surface area contributed by atoms with Gasteiger partial charge in [0.1, 0.15) is 5.75 Å². The number of hydrogen-bond acceptors (Lipinski definition) is 4. The molecule has 5 nitrogen and oxygen atoms in total. The van der Waals surface area contributed by atoms with Gasteiger partial charge in [-0.1, -0.05) is 12.1 Å². The number of nitrogens with zero attached hydrogens (tertiary/aromatic N) is 2. The summed E-state index contributed by atoms with van der Waals surface area (Å²) in [5.74, 6) is 0.603. The van der Waals surface area contributed by atoms with E-state index >= 15 is 0 Å². The molecule has 0 radical (unpaired) electrons. The molecule has 0 saturated heterocycles. The zero-order chi connectivity index (χ0) is 17.6. The van der Waals surface area contributed by atoms with Crippen LogP contribution in [0.2, 0.25) is 0 Å². The highest BCUT2D eigenvalue weighted by atomic mass is 16.5. The van der Waals surface area contributed by atoms with Crippen molar-refractivity contribution in [3.05, 3.63) is 78.2 Å². The molecule has 0 bridgehead atoms.